The van der Waals surface area contributed by atoms with Gasteiger partial charge < -0.3 is 19.7 Å². The van der Waals surface area contributed by atoms with Crippen LogP contribution in [0.25, 0.3) is 0 Å². The zero-order valence-electron chi connectivity index (χ0n) is 19.5. The van der Waals surface area contributed by atoms with E-state index in [0.29, 0.717) is 44.2 Å². The average molecular weight is 485 g/mol. The van der Waals surface area contributed by atoms with E-state index in [1.165, 1.54) is 31.9 Å². The minimum Gasteiger partial charge on any atom is -0.494 e. The molecule has 34 heavy (non-hydrogen) atoms. The summed E-state index contributed by atoms with van der Waals surface area (Å²) in [4.78, 5) is 30.8. The molecule has 182 valence electrons. The molecule has 8 nitrogen and oxygen atoms in total. The number of pyridine rings is 1. The van der Waals surface area contributed by atoms with Gasteiger partial charge in [0.1, 0.15) is 11.4 Å². The van der Waals surface area contributed by atoms with Crippen LogP contribution < -0.4 is 15.4 Å². The lowest BCUT2D eigenvalue weighted by Crippen LogP contribution is -2.41. The van der Waals surface area contributed by atoms with E-state index >= 15 is 0 Å². The van der Waals surface area contributed by atoms with Crippen LogP contribution in [0.3, 0.4) is 0 Å². The number of nitrogens with one attached hydrogen (secondary N) is 2. The molecule has 1 fully saturated rings. The molecule has 1 saturated heterocycles. The summed E-state index contributed by atoms with van der Waals surface area (Å²) in [5, 5.41) is 5.78. The number of rotatable bonds is 10. The first-order valence-electron chi connectivity index (χ1n) is 11.7. The molecule has 1 aliphatic heterocycles. The lowest BCUT2D eigenvalue weighted by atomic mass is 10.2. The van der Waals surface area contributed by atoms with Crippen LogP contribution in [0.5, 0.6) is 5.75 Å². The predicted octanol–water partition coefficient (Wildman–Crippen LogP) is 4.03. The van der Waals surface area contributed by atoms with Gasteiger partial charge in [0.05, 0.1) is 25.4 Å². The number of aromatic nitrogens is 1. The van der Waals surface area contributed by atoms with Gasteiger partial charge in [-0.25, -0.2) is 0 Å². The molecule has 0 bridgehead atoms. The fourth-order valence-electron chi connectivity index (χ4n) is 3.45. The fourth-order valence-corrected chi connectivity index (χ4v) is 3.66. The second kappa shape index (κ2) is 13.6. The molecule has 2 heterocycles. The molecule has 0 spiro atoms. The molecule has 2 amide bonds. The minimum absolute atomic E-state index is 0.170. The van der Waals surface area contributed by atoms with Crippen molar-refractivity contribution < 1.29 is 19.1 Å². The van der Waals surface area contributed by atoms with E-state index in [1.807, 2.05) is 24.3 Å². The first kappa shape index (κ1) is 25.6. The highest BCUT2D eigenvalue weighted by molar-refractivity contribution is 7.80. The molecule has 1 aliphatic rings. The molecule has 1 aromatic carbocycles. The Bertz CT molecular complexity index is 944. The molecule has 0 atom stereocenters. The number of anilines is 1. The van der Waals surface area contributed by atoms with E-state index in [-0.39, 0.29) is 11.0 Å². The van der Waals surface area contributed by atoms with Crippen LogP contribution >= 0.6 is 12.2 Å². The standard InChI is InChI=1S/C25H32N4O4S/c1-2-3-4-5-6-15-33-21-10-8-20(9-11-21)27-25(34)28-23(30)19-7-12-22(26-18-19)24(31)29-13-16-32-17-14-29/h7-12,18H,2-6,13-17H2,1H3,(H2,27,28,30,34). The summed E-state index contributed by atoms with van der Waals surface area (Å²) in [7, 11) is 0. The Morgan fingerprint density at radius 1 is 1.06 bits per heavy atom. The summed E-state index contributed by atoms with van der Waals surface area (Å²) in [6.45, 7) is 5.02. The molecule has 0 unspecified atom stereocenters. The first-order valence-corrected chi connectivity index (χ1v) is 12.2. The van der Waals surface area contributed by atoms with Crippen molar-refractivity contribution in [2.45, 2.75) is 39.0 Å². The molecule has 9 heteroatoms. The monoisotopic (exact) mass is 484 g/mol. The van der Waals surface area contributed by atoms with Gasteiger partial charge in [0.25, 0.3) is 11.8 Å². The fraction of sp³-hybridized carbons (Fsp3) is 0.440. The molecule has 2 aromatic rings. The molecule has 2 N–H and O–H groups in total. The van der Waals surface area contributed by atoms with Crippen LogP contribution in [-0.4, -0.2) is 59.7 Å². The number of ether oxygens (including phenoxy) is 2. The van der Waals surface area contributed by atoms with Gasteiger partial charge >= 0.3 is 0 Å². The number of carbonyl (C=O) groups excluding carboxylic acids is 2. The molecule has 0 aliphatic carbocycles. The lowest BCUT2D eigenvalue weighted by molar-refractivity contribution is 0.0299. The Hall–Kier alpha value is -3.04. The van der Waals surface area contributed by atoms with Crippen molar-refractivity contribution in [3.63, 3.8) is 0 Å². The van der Waals surface area contributed by atoms with Crippen molar-refractivity contribution in [3.8, 4) is 5.75 Å². The summed E-state index contributed by atoms with van der Waals surface area (Å²) in [6, 6.07) is 10.5. The quantitative estimate of drug-likeness (QED) is 0.388. The third kappa shape index (κ3) is 8.07. The van der Waals surface area contributed by atoms with Gasteiger partial charge in [-0.3, -0.25) is 19.9 Å². The number of morpholine rings is 1. The van der Waals surface area contributed by atoms with E-state index in [0.717, 1.165) is 17.9 Å². The molecular weight excluding hydrogens is 452 g/mol. The molecule has 0 saturated carbocycles. The molecule has 1 aromatic heterocycles. The maximum atomic E-state index is 12.5. The lowest BCUT2D eigenvalue weighted by Gasteiger charge is -2.26. The third-order valence-electron chi connectivity index (χ3n) is 5.40. The zero-order chi connectivity index (χ0) is 24.2. The van der Waals surface area contributed by atoms with Crippen molar-refractivity contribution in [2.24, 2.45) is 0 Å². The summed E-state index contributed by atoms with van der Waals surface area (Å²) < 4.78 is 11.0. The summed E-state index contributed by atoms with van der Waals surface area (Å²) in [6.07, 6.45) is 7.36. The van der Waals surface area contributed by atoms with E-state index in [1.54, 1.807) is 17.0 Å². The molecule has 0 radical (unpaired) electrons. The third-order valence-corrected chi connectivity index (χ3v) is 5.60. The topological polar surface area (TPSA) is 92.8 Å². The highest BCUT2D eigenvalue weighted by atomic mass is 32.1. The summed E-state index contributed by atoms with van der Waals surface area (Å²) in [5.74, 6) is 0.226. The zero-order valence-corrected chi connectivity index (χ0v) is 20.4. The molecular formula is C25H32N4O4S. The van der Waals surface area contributed by atoms with E-state index in [9.17, 15) is 9.59 Å². The van der Waals surface area contributed by atoms with Crippen LogP contribution in [0.2, 0.25) is 0 Å². The second-order valence-electron chi connectivity index (χ2n) is 8.03. The van der Waals surface area contributed by atoms with Gasteiger partial charge in [0.2, 0.25) is 0 Å². The second-order valence-corrected chi connectivity index (χ2v) is 8.44. The van der Waals surface area contributed by atoms with Gasteiger partial charge in [-0.05, 0) is 55.0 Å². The number of hydrogen-bond donors (Lipinski definition) is 2. The van der Waals surface area contributed by atoms with E-state index < -0.39 is 5.91 Å². The Morgan fingerprint density at radius 3 is 2.47 bits per heavy atom. The minimum atomic E-state index is -0.404. The summed E-state index contributed by atoms with van der Waals surface area (Å²) >= 11 is 5.25. The number of thiocarbonyl (C=S) groups is 1. The van der Waals surface area contributed by atoms with Crippen molar-refractivity contribution in [1.29, 1.82) is 0 Å². The van der Waals surface area contributed by atoms with Crippen molar-refractivity contribution in [3.05, 3.63) is 53.9 Å². The van der Waals surface area contributed by atoms with Crippen LogP contribution in [0.15, 0.2) is 42.6 Å². The van der Waals surface area contributed by atoms with Crippen molar-refractivity contribution in [2.75, 3.05) is 38.2 Å². The highest BCUT2D eigenvalue weighted by Gasteiger charge is 2.20. The van der Waals surface area contributed by atoms with Crippen LogP contribution in [0.4, 0.5) is 5.69 Å². The number of amides is 2. The van der Waals surface area contributed by atoms with E-state index in [2.05, 4.69) is 22.5 Å². The van der Waals surface area contributed by atoms with Crippen LogP contribution in [-0.2, 0) is 4.74 Å². The van der Waals surface area contributed by atoms with Crippen molar-refractivity contribution in [1.82, 2.24) is 15.2 Å². The Morgan fingerprint density at radius 2 is 1.79 bits per heavy atom. The normalized spacial score (nSPS) is 13.3. The maximum absolute atomic E-state index is 12.5. The maximum Gasteiger partial charge on any atom is 0.272 e. The average Bonchev–Trinajstić information content (AvgIpc) is 2.87. The number of unbranched alkanes of at least 4 members (excludes halogenated alkanes) is 4. The van der Waals surface area contributed by atoms with E-state index in [4.69, 9.17) is 21.7 Å². The number of carbonyl (C=O) groups is 2. The van der Waals surface area contributed by atoms with Gasteiger partial charge in [0, 0.05) is 25.0 Å². The van der Waals surface area contributed by atoms with Crippen LogP contribution in [0, 0.1) is 0 Å². The number of nitrogens with zero attached hydrogens (tertiary/aromatic N) is 2. The number of hydrogen-bond acceptors (Lipinski definition) is 6. The Kier molecular flexibility index (Phi) is 10.2. The Labute approximate surface area is 206 Å². The first-order chi connectivity index (χ1) is 16.6. The number of benzene rings is 1. The van der Waals surface area contributed by atoms with Gasteiger partial charge in [0.15, 0.2) is 5.11 Å². The van der Waals surface area contributed by atoms with Crippen molar-refractivity contribution >= 4 is 34.8 Å². The molecule has 3 rings (SSSR count). The van der Waals surface area contributed by atoms with Gasteiger partial charge in [-0.15, -0.1) is 0 Å². The van der Waals surface area contributed by atoms with Gasteiger partial charge in [-0.1, -0.05) is 32.6 Å². The largest absolute Gasteiger partial charge is 0.494 e. The smallest absolute Gasteiger partial charge is 0.272 e. The SMILES string of the molecule is CCCCCCCOc1ccc(NC(=S)NC(=O)c2ccc(C(=O)N3CCOCC3)nc2)cc1. The predicted molar refractivity (Wildman–Crippen MR) is 135 cm³/mol. The highest BCUT2D eigenvalue weighted by Crippen LogP contribution is 2.16. The van der Waals surface area contributed by atoms with Gasteiger partial charge in [-0.2, -0.15) is 0 Å². The summed E-state index contributed by atoms with van der Waals surface area (Å²) in [5.41, 5.74) is 1.35. The van der Waals surface area contributed by atoms with Crippen LogP contribution in [0.1, 0.15) is 59.9 Å². The Balaban J connectivity index is 1.42.